The molecule has 0 spiro atoms. The second-order valence-corrected chi connectivity index (χ2v) is 7.09. The van der Waals surface area contributed by atoms with Crippen LogP contribution in [0.25, 0.3) is 6.08 Å². The highest BCUT2D eigenvalue weighted by atomic mass is 16.6. The van der Waals surface area contributed by atoms with Crippen LogP contribution < -0.4 is 18.9 Å². The molecule has 1 amide bonds. The maximum Gasteiger partial charge on any atom is 0.415 e. The predicted molar refractivity (Wildman–Crippen MR) is 112 cm³/mol. The fourth-order valence-corrected chi connectivity index (χ4v) is 3.48. The van der Waals surface area contributed by atoms with Crippen LogP contribution in [0.3, 0.4) is 0 Å². The molecule has 4 rings (SSSR count). The average molecular weight is 425 g/mol. The first-order chi connectivity index (χ1) is 15.0. The molecule has 2 aromatic carbocycles. The SMILES string of the molecule is COc1ccc(/C=C2\Oc3c(ccc(OC(=O)N4CCOCC4)c3C)C2=O)cc1OC. The highest BCUT2D eigenvalue weighted by Crippen LogP contribution is 2.40. The van der Waals surface area contributed by atoms with Crippen LogP contribution >= 0.6 is 0 Å². The second kappa shape index (κ2) is 8.69. The van der Waals surface area contributed by atoms with Crippen molar-refractivity contribution in [2.45, 2.75) is 6.92 Å². The number of ether oxygens (including phenoxy) is 5. The number of fused-ring (bicyclic) bond motifs is 1. The summed E-state index contributed by atoms with van der Waals surface area (Å²) in [5.41, 5.74) is 1.74. The molecule has 162 valence electrons. The van der Waals surface area contributed by atoms with Gasteiger partial charge in [0.25, 0.3) is 0 Å². The van der Waals surface area contributed by atoms with Crippen molar-refractivity contribution in [3.05, 3.63) is 52.8 Å². The summed E-state index contributed by atoms with van der Waals surface area (Å²) >= 11 is 0. The van der Waals surface area contributed by atoms with Crippen LogP contribution in [0.2, 0.25) is 0 Å². The number of Topliss-reactive ketones (excluding diaryl/α,β-unsaturated/α-hetero) is 1. The highest BCUT2D eigenvalue weighted by Gasteiger charge is 2.31. The molecule has 8 nitrogen and oxygen atoms in total. The van der Waals surface area contributed by atoms with Crippen LogP contribution in [0.1, 0.15) is 21.5 Å². The zero-order chi connectivity index (χ0) is 22.0. The summed E-state index contributed by atoms with van der Waals surface area (Å²) in [7, 11) is 3.10. The first-order valence-electron chi connectivity index (χ1n) is 9.86. The molecule has 31 heavy (non-hydrogen) atoms. The number of morpholine rings is 1. The minimum atomic E-state index is -0.447. The fourth-order valence-electron chi connectivity index (χ4n) is 3.48. The summed E-state index contributed by atoms with van der Waals surface area (Å²) in [6.07, 6.45) is 1.19. The lowest BCUT2D eigenvalue weighted by Gasteiger charge is -2.26. The minimum absolute atomic E-state index is 0.182. The van der Waals surface area contributed by atoms with Gasteiger partial charge >= 0.3 is 6.09 Å². The van der Waals surface area contributed by atoms with Gasteiger partial charge in [-0.2, -0.15) is 0 Å². The predicted octanol–water partition coefficient (Wildman–Crippen LogP) is 3.46. The van der Waals surface area contributed by atoms with Crippen molar-refractivity contribution in [2.75, 3.05) is 40.5 Å². The van der Waals surface area contributed by atoms with E-state index in [2.05, 4.69) is 0 Å². The Kier molecular flexibility index (Phi) is 5.81. The Balaban J connectivity index is 1.57. The Morgan fingerprint density at radius 3 is 2.45 bits per heavy atom. The lowest BCUT2D eigenvalue weighted by Crippen LogP contribution is -2.42. The Morgan fingerprint density at radius 2 is 1.74 bits per heavy atom. The zero-order valence-corrected chi connectivity index (χ0v) is 17.6. The third kappa shape index (κ3) is 4.06. The van der Waals surface area contributed by atoms with E-state index in [-0.39, 0.29) is 11.5 Å². The number of ketones is 1. The number of hydrogen-bond donors (Lipinski definition) is 0. The third-order valence-corrected chi connectivity index (χ3v) is 5.21. The van der Waals surface area contributed by atoms with Gasteiger partial charge in [0.1, 0.15) is 11.5 Å². The molecule has 0 bridgehead atoms. The van der Waals surface area contributed by atoms with Gasteiger partial charge in [-0.1, -0.05) is 6.07 Å². The largest absolute Gasteiger partial charge is 0.493 e. The second-order valence-electron chi connectivity index (χ2n) is 7.09. The number of methoxy groups -OCH3 is 2. The average Bonchev–Trinajstić information content (AvgIpc) is 3.12. The van der Waals surface area contributed by atoms with E-state index < -0.39 is 6.09 Å². The number of nitrogens with zero attached hydrogens (tertiary/aromatic N) is 1. The zero-order valence-electron chi connectivity index (χ0n) is 17.6. The number of benzene rings is 2. The molecule has 0 atom stereocenters. The Morgan fingerprint density at radius 1 is 1.03 bits per heavy atom. The number of allylic oxidation sites excluding steroid dienone is 1. The van der Waals surface area contributed by atoms with Gasteiger partial charge in [-0.05, 0) is 42.8 Å². The molecule has 0 N–H and O–H groups in total. The van der Waals surface area contributed by atoms with Gasteiger partial charge < -0.3 is 28.6 Å². The molecular weight excluding hydrogens is 402 g/mol. The van der Waals surface area contributed by atoms with Crippen LogP contribution in [0.15, 0.2) is 36.1 Å². The van der Waals surface area contributed by atoms with Gasteiger partial charge in [-0.15, -0.1) is 0 Å². The van der Waals surface area contributed by atoms with Crippen molar-refractivity contribution in [3.8, 4) is 23.0 Å². The quantitative estimate of drug-likeness (QED) is 0.694. The summed E-state index contributed by atoms with van der Waals surface area (Å²) < 4.78 is 27.2. The summed E-state index contributed by atoms with van der Waals surface area (Å²) in [5.74, 6) is 1.84. The van der Waals surface area contributed by atoms with Gasteiger partial charge in [0.05, 0.1) is 33.0 Å². The van der Waals surface area contributed by atoms with E-state index in [4.69, 9.17) is 23.7 Å². The molecule has 0 radical (unpaired) electrons. The van der Waals surface area contributed by atoms with Crippen LogP contribution in [-0.4, -0.2) is 57.3 Å². The van der Waals surface area contributed by atoms with Gasteiger partial charge in [-0.3, -0.25) is 4.79 Å². The van der Waals surface area contributed by atoms with E-state index in [0.717, 1.165) is 5.56 Å². The van der Waals surface area contributed by atoms with Crippen molar-refractivity contribution < 1.29 is 33.3 Å². The monoisotopic (exact) mass is 425 g/mol. The van der Waals surface area contributed by atoms with E-state index in [0.29, 0.717) is 60.4 Å². The Bertz CT molecular complexity index is 1050. The summed E-state index contributed by atoms with van der Waals surface area (Å²) in [6, 6.07) is 8.55. The van der Waals surface area contributed by atoms with Crippen molar-refractivity contribution in [1.29, 1.82) is 0 Å². The minimum Gasteiger partial charge on any atom is -0.493 e. The first-order valence-corrected chi connectivity index (χ1v) is 9.86. The van der Waals surface area contributed by atoms with E-state index in [1.807, 2.05) is 0 Å². The molecule has 0 aliphatic carbocycles. The molecule has 1 fully saturated rings. The number of carbonyl (C=O) groups is 2. The molecule has 0 unspecified atom stereocenters. The normalized spacial score (nSPS) is 16.7. The van der Waals surface area contributed by atoms with Crippen LogP contribution in [0.4, 0.5) is 4.79 Å². The highest BCUT2D eigenvalue weighted by molar-refractivity contribution is 6.15. The molecule has 2 aliphatic rings. The molecule has 2 aliphatic heterocycles. The molecule has 8 heteroatoms. The van der Waals surface area contributed by atoms with E-state index in [1.54, 1.807) is 62.5 Å². The van der Waals surface area contributed by atoms with Crippen LogP contribution in [0.5, 0.6) is 23.0 Å². The van der Waals surface area contributed by atoms with Gasteiger partial charge in [0, 0.05) is 18.7 Å². The molecule has 2 aromatic rings. The van der Waals surface area contributed by atoms with Gasteiger partial charge in [-0.25, -0.2) is 4.79 Å². The number of rotatable bonds is 4. The lowest BCUT2D eigenvalue weighted by molar-refractivity contribution is 0.0415. The molecule has 0 saturated carbocycles. The maximum absolute atomic E-state index is 12.8. The molecule has 0 aromatic heterocycles. The lowest BCUT2D eigenvalue weighted by atomic mass is 10.1. The summed E-state index contributed by atoms with van der Waals surface area (Å²) in [6.45, 7) is 3.69. The number of amides is 1. The smallest absolute Gasteiger partial charge is 0.415 e. The fraction of sp³-hybridized carbons (Fsp3) is 0.304. The van der Waals surface area contributed by atoms with Crippen molar-refractivity contribution >= 4 is 18.0 Å². The standard InChI is InChI=1S/C23H23NO7/c1-14-17(31-23(26)24-8-10-29-11-9-24)7-5-16-21(25)20(30-22(14)16)13-15-4-6-18(27-2)19(12-15)28-3/h4-7,12-13H,8-11H2,1-3H3/b20-13-. The van der Waals surface area contributed by atoms with Crippen molar-refractivity contribution in [3.63, 3.8) is 0 Å². The molecular formula is C23H23NO7. The van der Waals surface area contributed by atoms with Crippen LogP contribution in [0, 0.1) is 6.92 Å². The summed E-state index contributed by atoms with van der Waals surface area (Å²) in [5, 5.41) is 0. The number of hydrogen-bond acceptors (Lipinski definition) is 7. The van der Waals surface area contributed by atoms with E-state index >= 15 is 0 Å². The van der Waals surface area contributed by atoms with Crippen molar-refractivity contribution in [1.82, 2.24) is 4.90 Å². The molecule has 2 heterocycles. The van der Waals surface area contributed by atoms with E-state index in [1.165, 1.54) is 0 Å². The Labute approximate surface area is 179 Å². The topological polar surface area (TPSA) is 83.5 Å². The maximum atomic E-state index is 12.8. The number of carbonyl (C=O) groups excluding carboxylic acids is 2. The van der Waals surface area contributed by atoms with Gasteiger partial charge in [0.15, 0.2) is 17.3 Å². The Hall–Kier alpha value is -3.52. The summed E-state index contributed by atoms with van der Waals surface area (Å²) in [4.78, 5) is 26.8. The third-order valence-electron chi connectivity index (χ3n) is 5.21. The molecule has 1 saturated heterocycles. The van der Waals surface area contributed by atoms with E-state index in [9.17, 15) is 9.59 Å². The van der Waals surface area contributed by atoms with Crippen LogP contribution in [-0.2, 0) is 4.74 Å². The van der Waals surface area contributed by atoms with Gasteiger partial charge in [0.2, 0.25) is 5.78 Å². The first kappa shape index (κ1) is 20.7. The van der Waals surface area contributed by atoms with Crippen molar-refractivity contribution in [2.24, 2.45) is 0 Å².